The van der Waals surface area contributed by atoms with Crippen LogP contribution in [0.15, 0.2) is 30.5 Å². The third-order valence-electron chi connectivity index (χ3n) is 6.38. The van der Waals surface area contributed by atoms with E-state index in [0.29, 0.717) is 25.6 Å². The maximum absolute atomic E-state index is 11.8. The molecule has 0 N–H and O–H groups in total. The van der Waals surface area contributed by atoms with Crippen molar-refractivity contribution < 1.29 is 19.0 Å². The van der Waals surface area contributed by atoms with E-state index >= 15 is 0 Å². The average Bonchev–Trinajstić information content (AvgIpc) is 3.54. The Morgan fingerprint density at radius 1 is 1.25 bits per heavy atom. The zero-order chi connectivity index (χ0) is 22.1. The first kappa shape index (κ1) is 21.0. The van der Waals surface area contributed by atoms with Gasteiger partial charge in [0.25, 0.3) is 0 Å². The van der Waals surface area contributed by atoms with Crippen LogP contribution >= 0.6 is 0 Å². The van der Waals surface area contributed by atoms with Gasteiger partial charge in [0.15, 0.2) is 5.82 Å². The van der Waals surface area contributed by atoms with Crippen molar-refractivity contribution in [2.75, 3.05) is 44.9 Å². The van der Waals surface area contributed by atoms with Gasteiger partial charge in [-0.05, 0) is 12.5 Å². The maximum atomic E-state index is 11.8. The van der Waals surface area contributed by atoms with Gasteiger partial charge in [0.2, 0.25) is 5.95 Å². The van der Waals surface area contributed by atoms with Crippen LogP contribution in [-0.4, -0.2) is 71.4 Å². The number of morpholine rings is 1. The van der Waals surface area contributed by atoms with E-state index in [1.54, 1.807) is 0 Å². The molecular weight excluding hydrogens is 410 g/mol. The molecular formula is C23H29N5O4. The molecule has 2 saturated heterocycles. The first-order valence-electron chi connectivity index (χ1n) is 11.1. The van der Waals surface area contributed by atoms with Gasteiger partial charge >= 0.3 is 5.97 Å². The van der Waals surface area contributed by atoms with Gasteiger partial charge in [-0.1, -0.05) is 18.2 Å². The lowest BCUT2D eigenvalue weighted by Crippen LogP contribution is -2.44. The van der Waals surface area contributed by atoms with E-state index < -0.39 is 0 Å². The molecule has 2 aromatic heterocycles. The average molecular weight is 440 g/mol. The van der Waals surface area contributed by atoms with Crippen molar-refractivity contribution in [2.24, 2.45) is 13.0 Å². The molecule has 2 unspecified atom stereocenters. The number of carbonyl (C=O) groups excluding carboxylic acids is 1. The second-order valence-corrected chi connectivity index (χ2v) is 8.55. The molecule has 2 fully saturated rings. The summed E-state index contributed by atoms with van der Waals surface area (Å²) < 4.78 is 20.6. The van der Waals surface area contributed by atoms with Crippen molar-refractivity contribution in [3.05, 3.63) is 30.5 Å². The van der Waals surface area contributed by atoms with Gasteiger partial charge in [0, 0.05) is 61.9 Å². The van der Waals surface area contributed by atoms with Crippen LogP contribution in [0.3, 0.4) is 0 Å². The van der Waals surface area contributed by atoms with E-state index in [-0.39, 0.29) is 18.5 Å². The SMILES string of the molecule is COC(=O)CC1CN(c2nnc(-c3cn(C)c4ccccc34)n2CC2CCOC2)CCO1. The standard InChI is InChI=1S/C23H29N5O4/c1-26-14-19(18-5-3-4-6-20(18)26)22-24-25-23(28(22)12-16-7-9-31-15-16)27-8-10-32-17(13-27)11-21(29)30-2/h3-6,14,16-17H,7-13,15H2,1-2H3. The van der Waals surface area contributed by atoms with E-state index in [0.717, 1.165) is 54.4 Å². The normalized spacial score (nSPS) is 21.4. The molecule has 9 heteroatoms. The van der Waals surface area contributed by atoms with Crippen LogP contribution in [0.4, 0.5) is 5.95 Å². The number of aromatic nitrogens is 4. The Kier molecular flexibility index (Phi) is 5.84. The second kappa shape index (κ2) is 8.91. The van der Waals surface area contributed by atoms with Crippen molar-refractivity contribution in [2.45, 2.75) is 25.5 Å². The molecule has 32 heavy (non-hydrogen) atoms. The van der Waals surface area contributed by atoms with Crippen molar-refractivity contribution >= 4 is 22.8 Å². The summed E-state index contributed by atoms with van der Waals surface area (Å²) in [6, 6.07) is 8.35. The second-order valence-electron chi connectivity index (χ2n) is 8.55. The summed E-state index contributed by atoms with van der Waals surface area (Å²) in [5.74, 6) is 1.83. The molecule has 0 bridgehead atoms. The minimum absolute atomic E-state index is 0.225. The minimum Gasteiger partial charge on any atom is -0.469 e. The number of fused-ring (bicyclic) bond motifs is 1. The zero-order valence-corrected chi connectivity index (χ0v) is 18.6. The molecule has 0 radical (unpaired) electrons. The van der Waals surface area contributed by atoms with Crippen LogP contribution in [0.5, 0.6) is 0 Å². The van der Waals surface area contributed by atoms with Gasteiger partial charge in [-0.15, -0.1) is 10.2 Å². The van der Waals surface area contributed by atoms with Gasteiger partial charge in [0.1, 0.15) is 0 Å². The molecule has 1 aromatic carbocycles. The Hall–Kier alpha value is -2.91. The molecule has 5 rings (SSSR count). The van der Waals surface area contributed by atoms with E-state index in [9.17, 15) is 4.79 Å². The number of hydrogen-bond acceptors (Lipinski definition) is 7. The summed E-state index contributed by atoms with van der Waals surface area (Å²) in [5.41, 5.74) is 2.23. The molecule has 0 saturated carbocycles. The first-order valence-corrected chi connectivity index (χ1v) is 11.1. The fourth-order valence-corrected chi connectivity index (χ4v) is 4.70. The number of carbonyl (C=O) groups is 1. The van der Waals surface area contributed by atoms with Crippen LogP contribution < -0.4 is 4.90 Å². The third-order valence-corrected chi connectivity index (χ3v) is 6.38. The number of esters is 1. The molecule has 2 aliphatic heterocycles. The fourth-order valence-electron chi connectivity index (χ4n) is 4.70. The van der Waals surface area contributed by atoms with Crippen LogP contribution in [-0.2, 0) is 32.6 Å². The smallest absolute Gasteiger partial charge is 0.308 e. The summed E-state index contributed by atoms with van der Waals surface area (Å²) in [6.07, 6.45) is 3.16. The predicted molar refractivity (Wildman–Crippen MR) is 119 cm³/mol. The van der Waals surface area contributed by atoms with Crippen molar-refractivity contribution in [1.29, 1.82) is 0 Å². The number of anilines is 1. The quantitative estimate of drug-likeness (QED) is 0.545. The number of aryl methyl sites for hydroxylation is 1. The summed E-state index contributed by atoms with van der Waals surface area (Å²) in [5, 5.41) is 10.4. The number of rotatable bonds is 6. The number of benzene rings is 1. The summed E-state index contributed by atoms with van der Waals surface area (Å²) in [7, 11) is 3.46. The molecule has 3 aromatic rings. The first-order chi connectivity index (χ1) is 15.6. The topological polar surface area (TPSA) is 83.6 Å². The monoisotopic (exact) mass is 439 g/mol. The van der Waals surface area contributed by atoms with Gasteiger partial charge < -0.3 is 23.7 Å². The van der Waals surface area contributed by atoms with Crippen molar-refractivity contribution in [1.82, 2.24) is 19.3 Å². The number of hydrogen-bond donors (Lipinski definition) is 0. The molecule has 2 aliphatic rings. The number of methoxy groups -OCH3 is 1. The Bertz CT molecular complexity index is 1100. The van der Waals surface area contributed by atoms with Crippen LogP contribution in [0.25, 0.3) is 22.3 Å². The minimum atomic E-state index is -0.266. The van der Waals surface area contributed by atoms with Gasteiger partial charge in [0.05, 0.1) is 32.8 Å². The zero-order valence-electron chi connectivity index (χ0n) is 18.6. The lowest BCUT2D eigenvalue weighted by atomic mass is 10.1. The Labute approximate surface area is 186 Å². The fraction of sp³-hybridized carbons (Fsp3) is 0.522. The van der Waals surface area contributed by atoms with E-state index in [4.69, 9.17) is 14.2 Å². The molecule has 4 heterocycles. The molecule has 0 amide bonds. The largest absolute Gasteiger partial charge is 0.469 e. The van der Waals surface area contributed by atoms with E-state index in [1.165, 1.54) is 7.11 Å². The van der Waals surface area contributed by atoms with Gasteiger partial charge in [-0.2, -0.15) is 0 Å². The maximum Gasteiger partial charge on any atom is 0.308 e. The molecule has 170 valence electrons. The number of para-hydroxylation sites is 1. The summed E-state index contributed by atoms with van der Waals surface area (Å²) in [6.45, 7) is 4.15. The van der Waals surface area contributed by atoms with E-state index in [1.807, 2.05) is 6.07 Å². The number of ether oxygens (including phenoxy) is 3. The highest BCUT2D eigenvalue weighted by molar-refractivity contribution is 5.94. The van der Waals surface area contributed by atoms with E-state index in [2.05, 4.69) is 55.7 Å². The van der Waals surface area contributed by atoms with Crippen LogP contribution in [0.2, 0.25) is 0 Å². The van der Waals surface area contributed by atoms with Crippen molar-refractivity contribution in [3.8, 4) is 11.4 Å². The molecule has 9 nitrogen and oxygen atoms in total. The van der Waals surface area contributed by atoms with Crippen LogP contribution in [0, 0.1) is 5.92 Å². The predicted octanol–water partition coefficient (Wildman–Crippen LogP) is 2.24. The highest BCUT2D eigenvalue weighted by Gasteiger charge is 2.30. The third kappa shape index (κ3) is 3.98. The Morgan fingerprint density at radius 2 is 2.12 bits per heavy atom. The Balaban J connectivity index is 1.51. The molecule has 0 spiro atoms. The van der Waals surface area contributed by atoms with Crippen molar-refractivity contribution in [3.63, 3.8) is 0 Å². The summed E-state index contributed by atoms with van der Waals surface area (Å²) in [4.78, 5) is 13.9. The van der Waals surface area contributed by atoms with Crippen LogP contribution in [0.1, 0.15) is 12.8 Å². The Morgan fingerprint density at radius 3 is 2.94 bits per heavy atom. The molecule has 2 atom stereocenters. The highest BCUT2D eigenvalue weighted by atomic mass is 16.5. The molecule has 0 aliphatic carbocycles. The van der Waals surface area contributed by atoms with Gasteiger partial charge in [-0.3, -0.25) is 9.36 Å². The lowest BCUT2D eigenvalue weighted by molar-refractivity contribution is -0.144. The summed E-state index contributed by atoms with van der Waals surface area (Å²) >= 11 is 0. The van der Waals surface area contributed by atoms with Gasteiger partial charge in [-0.25, -0.2) is 0 Å². The number of nitrogens with zero attached hydrogens (tertiary/aromatic N) is 5. The highest BCUT2D eigenvalue weighted by Crippen LogP contribution is 2.33. The lowest BCUT2D eigenvalue weighted by Gasteiger charge is -2.33.